The summed E-state index contributed by atoms with van der Waals surface area (Å²) in [6.45, 7) is 3.86. The number of aryl methyl sites for hydroxylation is 1. The molecule has 0 amide bonds. The van der Waals surface area contributed by atoms with Crippen molar-refractivity contribution in [2.75, 3.05) is 31.7 Å². The second kappa shape index (κ2) is 6.75. The fourth-order valence-corrected chi connectivity index (χ4v) is 1.35. The molecule has 5 nitrogen and oxygen atoms in total. The van der Waals surface area contributed by atoms with Crippen LogP contribution in [0.5, 0.6) is 0 Å². The first-order valence-electron chi connectivity index (χ1n) is 5.18. The molecule has 1 rings (SSSR count). The van der Waals surface area contributed by atoms with Gasteiger partial charge in [-0.25, -0.2) is 9.97 Å². The normalized spacial score (nSPS) is 9.81. The van der Waals surface area contributed by atoms with Gasteiger partial charge in [-0.3, -0.25) is 0 Å². The quantitative estimate of drug-likeness (QED) is 0.719. The summed E-state index contributed by atoms with van der Waals surface area (Å²) in [7, 11) is 1.66. The molecule has 0 aromatic carbocycles. The SMILES string of the molecule is COCCN(CCC#N)c1ccnc(C)n1. The Kier molecular flexibility index (Phi) is 5.23. The van der Waals surface area contributed by atoms with Gasteiger partial charge in [0.15, 0.2) is 0 Å². The number of anilines is 1. The van der Waals surface area contributed by atoms with Crippen molar-refractivity contribution >= 4 is 5.82 Å². The first kappa shape index (κ1) is 12.4. The molecule has 0 aliphatic rings. The summed E-state index contributed by atoms with van der Waals surface area (Å²) in [5, 5.41) is 8.60. The molecule has 0 saturated heterocycles. The maximum atomic E-state index is 8.60. The zero-order valence-corrected chi connectivity index (χ0v) is 9.68. The van der Waals surface area contributed by atoms with Crippen molar-refractivity contribution in [2.24, 2.45) is 0 Å². The van der Waals surface area contributed by atoms with Crippen LogP contribution in [0.3, 0.4) is 0 Å². The number of hydrogen-bond donors (Lipinski definition) is 0. The molecule has 0 spiro atoms. The Morgan fingerprint density at radius 1 is 1.50 bits per heavy atom. The highest BCUT2D eigenvalue weighted by atomic mass is 16.5. The van der Waals surface area contributed by atoms with Crippen molar-refractivity contribution in [2.45, 2.75) is 13.3 Å². The highest BCUT2D eigenvalue weighted by molar-refractivity contribution is 5.37. The van der Waals surface area contributed by atoms with Gasteiger partial charge in [0.2, 0.25) is 0 Å². The Balaban J connectivity index is 2.70. The summed E-state index contributed by atoms with van der Waals surface area (Å²) in [4.78, 5) is 10.4. The number of ether oxygens (including phenoxy) is 1. The van der Waals surface area contributed by atoms with Crippen LogP contribution in [0, 0.1) is 18.3 Å². The van der Waals surface area contributed by atoms with E-state index in [4.69, 9.17) is 10.00 Å². The lowest BCUT2D eigenvalue weighted by Gasteiger charge is -2.22. The number of nitrogens with zero attached hydrogens (tertiary/aromatic N) is 4. The van der Waals surface area contributed by atoms with Gasteiger partial charge in [0.25, 0.3) is 0 Å². The molecule has 1 aromatic rings. The first-order valence-corrected chi connectivity index (χ1v) is 5.18. The van der Waals surface area contributed by atoms with E-state index in [0.717, 1.165) is 18.2 Å². The summed E-state index contributed by atoms with van der Waals surface area (Å²) >= 11 is 0. The van der Waals surface area contributed by atoms with Crippen molar-refractivity contribution in [1.29, 1.82) is 5.26 Å². The molecular weight excluding hydrogens is 204 g/mol. The van der Waals surface area contributed by atoms with Gasteiger partial charge >= 0.3 is 0 Å². The van der Waals surface area contributed by atoms with Crippen LogP contribution in [0.2, 0.25) is 0 Å². The maximum Gasteiger partial charge on any atom is 0.132 e. The average molecular weight is 220 g/mol. The van der Waals surface area contributed by atoms with Crippen molar-refractivity contribution in [3.63, 3.8) is 0 Å². The molecule has 0 bridgehead atoms. The number of nitriles is 1. The second-order valence-electron chi connectivity index (χ2n) is 3.35. The van der Waals surface area contributed by atoms with Gasteiger partial charge in [0, 0.05) is 26.4 Å². The number of hydrogen-bond acceptors (Lipinski definition) is 5. The molecule has 0 aliphatic heterocycles. The van der Waals surface area contributed by atoms with Crippen LogP contribution in [-0.2, 0) is 4.74 Å². The number of aromatic nitrogens is 2. The van der Waals surface area contributed by atoms with Crippen LogP contribution < -0.4 is 4.90 Å². The average Bonchev–Trinajstić information content (AvgIpc) is 2.29. The van der Waals surface area contributed by atoms with E-state index < -0.39 is 0 Å². The monoisotopic (exact) mass is 220 g/mol. The van der Waals surface area contributed by atoms with Crippen molar-refractivity contribution < 1.29 is 4.74 Å². The molecule has 0 unspecified atom stereocenters. The van der Waals surface area contributed by atoms with Crippen molar-refractivity contribution in [3.8, 4) is 6.07 Å². The lowest BCUT2D eigenvalue weighted by molar-refractivity contribution is 0.205. The first-order chi connectivity index (χ1) is 7.77. The lowest BCUT2D eigenvalue weighted by Crippen LogP contribution is -2.29. The Morgan fingerprint density at radius 2 is 2.31 bits per heavy atom. The molecule has 0 radical (unpaired) electrons. The van der Waals surface area contributed by atoms with E-state index in [0.29, 0.717) is 19.6 Å². The molecule has 86 valence electrons. The second-order valence-corrected chi connectivity index (χ2v) is 3.35. The van der Waals surface area contributed by atoms with Crippen LogP contribution >= 0.6 is 0 Å². The molecular formula is C11H16N4O. The van der Waals surface area contributed by atoms with Crippen LogP contribution in [0.25, 0.3) is 0 Å². The topological polar surface area (TPSA) is 62.0 Å². The molecule has 0 aliphatic carbocycles. The maximum absolute atomic E-state index is 8.60. The van der Waals surface area contributed by atoms with E-state index in [1.807, 2.05) is 17.9 Å². The Labute approximate surface area is 95.7 Å². The van der Waals surface area contributed by atoms with Gasteiger partial charge in [-0.05, 0) is 13.0 Å². The number of methoxy groups -OCH3 is 1. The standard InChI is InChI=1S/C11H16N4O/c1-10-13-6-4-11(14-10)15(7-3-5-12)8-9-16-2/h4,6H,3,7-9H2,1-2H3. The van der Waals surface area contributed by atoms with Gasteiger partial charge in [0.1, 0.15) is 11.6 Å². The zero-order chi connectivity index (χ0) is 11.8. The fraction of sp³-hybridized carbons (Fsp3) is 0.545. The molecule has 0 fully saturated rings. The van der Waals surface area contributed by atoms with E-state index in [9.17, 15) is 0 Å². The van der Waals surface area contributed by atoms with E-state index in [1.165, 1.54) is 0 Å². The molecule has 0 N–H and O–H groups in total. The van der Waals surface area contributed by atoms with Crippen LogP contribution in [0.4, 0.5) is 5.82 Å². The van der Waals surface area contributed by atoms with E-state index in [-0.39, 0.29) is 0 Å². The van der Waals surface area contributed by atoms with E-state index in [2.05, 4.69) is 16.0 Å². The molecule has 0 saturated carbocycles. The lowest BCUT2D eigenvalue weighted by atomic mass is 10.3. The van der Waals surface area contributed by atoms with E-state index >= 15 is 0 Å². The summed E-state index contributed by atoms with van der Waals surface area (Å²) in [5.41, 5.74) is 0. The Hall–Kier alpha value is -1.67. The van der Waals surface area contributed by atoms with E-state index in [1.54, 1.807) is 13.3 Å². The molecule has 1 heterocycles. The highest BCUT2D eigenvalue weighted by Crippen LogP contribution is 2.09. The fourth-order valence-electron chi connectivity index (χ4n) is 1.35. The van der Waals surface area contributed by atoms with Gasteiger partial charge in [-0.2, -0.15) is 5.26 Å². The van der Waals surface area contributed by atoms with Gasteiger partial charge in [-0.15, -0.1) is 0 Å². The van der Waals surface area contributed by atoms with Crippen LogP contribution in [-0.4, -0.2) is 36.8 Å². The summed E-state index contributed by atoms with van der Waals surface area (Å²) in [5.74, 6) is 1.58. The van der Waals surface area contributed by atoms with Crippen LogP contribution in [0.15, 0.2) is 12.3 Å². The highest BCUT2D eigenvalue weighted by Gasteiger charge is 2.07. The number of rotatable bonds is 6. The third-order valence-corrected chi connectivity index (χ3v) is 2.14. The van der Waals surface area contributed by atoms with Crippen molar-refractivity contribution in [1.82, 2.24) is 9.97 Å². The summed E-state index contributed by atoms with van der Waals surface area (Å²) in [6, 6.07) is 3.98. The molecule has 16 heavy (non-hydrogen) atoms. The van der Waals surface area contributed by atoms with Crippen molar-refractivity contribution in [3.05, 3.63) is 18.1 Å². The predicted octanol–water partition coefficient (Wildman–Crippen LogP) is 1.15. The third-order valence-electron chi connectivity index (χ3n) is 2.14. The minimum atomic E-state index is 0.479. The minimum absolute atomic E-state index is 0.479. The molecule has 0 atom stereocenters. The molecule has 1 aromatic heterocycles. The van der Waals surface area contributed by atoms with Gasteiger partial charge < -0.3 is 9.64 Å². The van der Waals surface area contributed by atoms with Gasteiger partial charge in [0.05, 0.1) is 19.1 Å². The minimum Gasteiger partial charge on any atom is -0.383 e. The molecule has 5 heteroatoms. The van der Waals surface area contributed by atoms with Gasteiger partial charge in [-0.1, -0.05) is 0 Å². The summed E-state index contributed by atoms with van der Waals surface area (Å²) < 4.78 is 5.04. The Bertz CT molecular complexity index is 361. The Morgan fingerprint density at radius 3 is 2.94 bits per heavy atom. The zero-order valence-electron chi connectivity index (χ0n) is 9.68. The smallest absolute Gasteiger partial charge is 0.132 e. The van der Waals surface area contributed by atoms with Crippen LogP contribution in [0.1, 0.15) is 12.2 Å². The largest absolute Gasteiger partial charge is 0.383 e. The third kappa shape index (κ3) is 3.83. The summed E-state index contributed by atoms with van der Waals surface area (Å²) in [6.07, 6.45) is 2.20. The predicted molar refractivity (Wildman–Crippen MR) is 61.1 cm³/mol.